The van der Waals surface area contributed by atoms with Gasteiger partial charge < -0.3 is 10.3 Å². The van der Waals surface area contributed by atoms with Crippen molar-refractivity contribution < 1.29 is 4.79 Å². The number of carbonyl (C=O) groups is 1. The summed E-state index contributed by atoms with van der Waals surface area (Å²) < 4.78 is 1.36. The Hall–Kier alpha value is -2.51. The molecule has 0 atom stereocenters. The van der Waals surface area contributed by atoms with Crippen LogP contribution >= 0.6 is 23.8 Å². The lowest BCUT2D eigenvalue weighted by Crippen LogP contribution is -2.33. The molecule has 122 valence electrons. The molecule has 0 spiro atoms. The van der Waals surface area contributed by atoms with E-state index in [9.17, 15) is 9.59 Å². The van der Waals surface area contributed by atoms with Crippen LogP contribution in [0.1, 0.15) is 5.56 Å². The Kier molecular flexibility index (Phi) is 4.73. The van der Waals surface area contributed by atoms with Crippen LogP contribution in [0.25, 0.3) is 11.0 Å². The van der Waals surface area contributed by atoms with Gasteiger partial charge in [0.2, 0.25) is 5.91 Å². The Morgan fingerprint density at radius 2 is 2.08 bits per heavy atom. The Balaban J connectivity index is 1.80. The van der Waals surface area contributed by atoms with Gasteiger partial charge in [-0.3, -0.25) is 14.2 Å². The summed E-state index contributed by atoms with van der Waals surface area (Å²) in [5.74, 6) is -0.334. The van der Waals surface area contributed by atoms with Gasteiger partial charge in [-0.15, -0.1) is 0 Å². The van der Waals surface area contributed by atoms with Crippen LogP contribution < -0.4 is 10.9 Å². The second-order valence-corrected chi connectivity index (χ2v) is 5.88. The summed E-state index contributed by atoms with van der Waals surface area (Å²) in [6.45, 7) is 0.0995. The number of benzene rings is 1. The van der Waals surface area contributed by atoms with Gasteiger partial charge in [0.05, 0.1) is 5.39 Å². The fraction of sp³-hybridized carbons (Fsp3) is 0.125. The SMILES string of the molecule is O=C(Cn1c(=S)[nH]c2ncccc2c1=O)NCc1ccccc1Cl. The van der Waals surface area contributed by atoms with E-state index >= 15 is 0 Å². The third-order valence-corrected chi connectivity index (χ3v) is 4.18. The van der Waals surface area contributed by atoms with Crippen molar-refractivity contribution in [2.75, 3.05) is 0 Å². The largest absolute Gasteiger partial charge is 0.350 e. The number of nitrogens with zero attached hydrogens (tertiary/aromatic N) is 2. The van der Waals surface area contributed by atoms with Crippen LogP contribution in [0, 0.1) is 4.77 Å². The maximum atomic E-state index is 12.4. The molecule has 0 bridgehead atoms. The van der Waals surface area contributed by atoms with Crippen molar-refractivity contribution in [1.29, 1.82) is 0 Å². The second kappa shape index (κ2) is 6.94. The Labute approximate surface area is 147 Å². The van der Waals surface area contributed by atoms with Gasteiger partial charge in [-0.2, -0.15) is 0 Å². The Morgan fingerprint density at radius 3 is 2.88 bits per heavy atom. The maximum absolute atomic E-state index is 12.4. The highest BCUT2D eigenvalue weighted by molar-refractivity contribution is 7.71. The molecule has 2 aromatic heterocycles. The maximum Gasteiger partial charge on any atom is 0.264 e. The standard InChI is InChI=1S/C16H13ClN4O2S/c17-12-6-2-1-4-10(12)8-19-13(22)9-21-15(23)11-5-3-7-18-14(11)20-16(21)24/h1-7H,8-9H2,(H,19,22)(H,18,20,24). The van der Waals surface area contributed by atoms with Gasteiger partial charge in [-0.05, 0) is 36.0 Å². The van der Waals surface area contributed by atoms with E-state index in [1.165, 1.54) is 4.57 Å². The number of H-pyrrole nitrogens is 1. The molecular weight excluding hydrogens is 348 g/mol. The minimum Gasteiger partial charge on any atom is -0.350 e. The number of hydrogen-bond donors (Lipinski definition) is 2. The third-order valence-electron chi connectivity index (χ3n) is 3.49. The summed E-state index contributed by atoms with van der Waals surface area (Å²) in [6.07, 6.45) is 1.56. The summed E-state index contributed by atoms with van der Waals surface area (Å²) in [5.41, 5.74) is 0.850. The molecule has 0 aliphatic rings. The zero-order valence-electron chi connectivity index (χ0n) is 12.5. The van der Waals surface area contributed by atoms with Gasteiger partial charge in [0, 0.05) is 17.8 Å². The first-order valence-corrected chi connectivity index (χ1v) is 7.93. The molecule has 2 heterocycles. The number of amides is 1. The number of rotatable bonds is 4. The third kappa shape index (κ3) is 3.37. The normalized spacial score (nSPS) is 10.7. The summed E-state index contributed by atoms with van der Waals surface area (Å²) in [4.78, 5) is 31.5. The van der Waals surface area contributed by atoms with E-state index in [2.05, 4.69) is 15.3 Å². The number of aromatic nitrogens is 3. The lowest BCUT2D eigenvalue weighted by Gasteiger charge is -2.09. The predicted octanol–water partition coefficient (Wildman–Crippen LogP) is 2.42. The predicted molar refractivity (Wildman–Crippen MR) is 94.5 cm³/mol. The molecule has 8 heteroatoms. The van der Waals surface area contributed by atoms with E-state index in [1.807, 2.05) is 18.2 Å². The van der Waals surface area contributed by atoms with Crippen molar-refractivity contribution in [3.63, 3.8) is 0 Å². The molecule has 6 nitrogen and oxygen atoms in total. The number of carbonyl (C=O) groups excluding carboxylic acids is 1. The number of hydrogen-bond acceptors (Lipinski definition) is 4. The molecule has 3 aromatic rings. The van der Waals surface area contributed by atoms with Gasteiger partial charge in [-0.1, -0.05) is 29.8 Å². The minimum absolute atomic E-state index is 0.152. The molecule has 0 fully saturated rings. The van der Waals surface area contributed by atoms with Crippen molar-refractivity contribution in [2.45, 2.75) is 13.1 Å². The zero-order chi connectivity index (χ0) is 17.1. The molecule has 0 radical (unpaired) electrons. The molecule has 1 aromatic carbocycles. The van der Waals surface area contributed by atoms with E-state index in [0.717, 1.165) is 5.56 Å². The average Bonchev–Trinajstić information content (AvgIpc) is 2.58. The fourth-order valence-corrected chi connectivity index (χ4v) is 2.71. The van der Waals surface area contributed by atoms with E-state index < -0.39 is 0 Å². The molecule has 0 saturated heterocycles. The van der Waals surface area contributed by atoms with Crippen LogP contribution in [-0.2, 0) is 17.9 Å². The van der Waals surface area contributed by atoms with E-state index in [0.29, 0.717) is 16.1 Å². The van der Waals surface area contributed by atoms with Gasteiger partial charge in [0.15, 0.2) is 4.77 Å². The molecule has 0 aliphatic carbocycles. The Bertz CT molecular complexity index is 1030. The molecule has 24 heavy (non-hydrogen) atoms. The lowest BCUT2D eigenvalue weighted by atomic mass is 10.2. The van der Waals surface area contributed by atoms with E-state index in [4.69, 9.17) is 23.8 Å². The minimum atomic E-state index is -0.352. The smallest absolute Gasteiger partial charge is 0.264 e. The van der Waals surface area contributed by atoms with Gasteiger partial charge in [-0.25, -0.2) is 4.98 Å². The average molecular weight is 361 g/mol. The molecular formula is C16H13ClN4O2S. The van der Waals surface area contributed by atoms with Crippen LogP contribution in [0.5, 0.6) is 0 Å². The van der Waals surface area contributed by atoms with Crippen molar-refractivity contribution in [1.82, 2.24) is 19.9 Å². The van der Waals surface area contributed by atoms with Crippen LogP contribution in [0.15, 0.2) is 47.4 Å². The molecule has 3 rings (SSSR count). The van der Waals surface area contributed by atoms with Crippen LogP contribution in [0.4, 0.5) is 0 Å². The van der Waals surface area contributed by atoms with Gasteiger partial charge >= 0.3 is 0 Å². The first-order chi connectivity index (χ1) is 11.6. The van der Waals surface area contributed by atoms with E-state index in [1.54, 1.807) is 24.4 Å². The van der Waals surface area contributed by atoms with Gasteiger partial charge in [0.1, 0.15) is 12.2 Å². The quantitative estimate of drug-likeness (QED) is 0.700. The number of nitrogens with one attached hydrogen (secondary N) is 2. The highest BCUT2D eigenvalue weighted by Crippen LogP contribution is 2.14. The number of pyridine rings is 1. The summed E-state index contributed by atoms with van der Waals surface area (Å²) in [7, 11) is 0. The molecule has 0 unspecified atom stereocenters. The number of halogens is 1. The van der Waals surface area contributed by atoms with Crippen molar-refractivity contribution in [3.05, 3.63) is 68.3 Å². The summed E-state index contributed by atoms with van der Waals surface area (Å²) in [6, 6.07) is 10.5. The topological polar surface area (TPSA) is 79.8 Å². The summed E-state index contributed by atoms with van der Waals surface area (Å²) >= 11 is 11.2. The van der Waals surface area contributed by atoms with Crippen molar-refractivity contribution in [3.8, 4) is 0 Å². The molecule has 0 aliphatic heterocycles. The highest BCUT2D eigenvalue weighted by atomic mass is 35.5. The lowest BCUT2D eigenvalue weighted by molar-refractivity contribution is -0.121. The number of fused-ring (bicyclic) bond motifs is 1. The molecule has 0 saturated carbocycles. The second-order valence-electron chi connectivity index (χ2n) is 5.09. The monoisotopic (exact) mass is 360 g/mol. The first kappa shape index (κ1) is 16.4. The zero-order valence-corrected chi connectivity index (χ0v) is 14.0. The summed E-state index contributed by atoms with van der Waals surface area (Å²) in [5, 5.41) is 3.68. The molecule has 1 amide bonds. The van der Waals surface area contributed by atoms with Crippen LogP contribution in [-0.4, -0.2) is 20.4 Å². The first-order valence-electron chi connectivity index (χ1n) is 7.14. The molecule has 2 N–H and O–H groups in total. The van der Waals surface area contributed by atoms with Crippen molar-refractivity contribution in [2.24, 2.45) is 0 Å². The fourth-order valence-electron chi connectivity index (χ4n) is 2.26. The van der Waals surface area contributed by atoms with E-state index in [-0.39, 0.29) is 29.3 Å². The van der Waals surface area contributed by atoms with Gasteiger partial charge in [0.25, 0.3) is 5.56 Å². The highest BCUT2D eigenvalue weighted by Gasteiger charge is 2.10. The van der Waals surface area contributed by atoms with Crippen LogP contribution in [0.2, 0.25) is 5.02 Å². The number of aromatic amines is 1. The Morgan fingerprint density at radius 1 is 1.29 bits per heavy atom. The van der Waals surface area contributed by atoms with Crippen LogP contribution in [0.3, 0.4) is 0 Å². The van der Waals surface area contributed by atoms with Crippen molar-refractivity contribution >= 4 is 40.8 Å².